The van der Waals surface area contributed by atoms with Crippen LogP contribution in [0.1, 0.15) is 41.6 Å². The fourth-order valence-corrected chi connectivity index (χ4v) is 5.20. The number of amides is 1. The molecule has 15 heteroatoms. The summed E-state index contributed by atoms with van der Waals surface area (Å²) in [5.41, 5.74) is -0.493. The van der Waals surface area contributed by atoms with Crippen LogP contribution in [0, 0.1) is 0 Å². The Morgan fingerprint density at radius 3 is 2.50 bits per heavy atom. The number of ether oxygens (including phenoxy) is 1. The fraction of sp³-hybridized carbons (Fsp3) is 0.560. The first-order valence-electron chi connectivity index (χ1n) is 12.7. The van der Waals surface area contributed by atoms with E-state index in [2.05, 4.69) is 25.9 Å². The molecule has 2 atom stereocenters. The molecular weight excluding hydrogens is 551 g/mol. The van der Waals surface area contributed by atoms with Gasteiger partial charge >= 0.3 is 6.18 Å². The van der Waals surface area contributed by atoms with Crippen molar-refractivity contribution in [3.05, 3.63) is 35.5 Å². The number of halogens is 3. The van der Waals surface area contributed by atoms with Gasteiger partial charge in [0, 0.05) is 44.0 Å². The van der Waals surface area contributed by atoms with Gasteiger partial charge in [-0.2, -0.15) is 18.2 Å². The van der Waals surface area contributed by atoms with E-state index in [-0.39, 0.29) is 17.5 Å². The first-order chi connectivity index (χ1) is 18.7. The van der Waals surface area contributed by atoms with Gasteiger partial charge < -0.3 is 25.6 Å². The van der Waals surface area contributed by atoms with Crippen LogP contribution in [0.2, 0.25) is 0 Å². The van der Waals surface area contributed by atoms with Gasteiger partial charge in [0.2, 0.25) is 16.0 Å². The number of carbonyl (C=O) groups excluding carboxylic acids is 1. The number of rotatable bonds is 11. The van der Waals surface area contributed by atoms with Crippen LogP contribution in [0.15, 0.2) is 24.4 Å². The van der Waals surface area contributed by atoms with Crippen molar-refractivity contribution < 1.29 is 31.1 Å². The summed E-state index contributed by atoms with van der Waals surface area (Å²) < 4.78 is 72.6. The van der Waals surface area contributed by atoms with Crippen molar-refractivity contribution in [1.29, 1.82) is 0 Å². The number of sulfonamides is 1. The van der Waals surface area contributed by atoms with Crippen LogP contribution < -0.4 is 20.7 Å². The van der Waals surface area contributed by atoms with Gasteiger partial charge in [0.1, 0.15) is 17.1 Å². The summed E-state index contributed by atoms with van der Waals surface area (Å²) in [7, 11) is 3.04. The summed E-state index contributed by atoms with van der Waals surface area (Å²) in [6.45, 7) is 1.07. The summed E-state index contributed by atoms with van der Waals surface area (Å²) >= 11 is 0. The second-order valence-corrected chi connectivity index (χ2v) is 12.0. The number of carbonyl (C=O) groups is 1. The Morgan fingerprint density at radius 2 is 1.88 bits per heavy atom. The number of alkyl halides is 3. The third kappa shape index (κ3) is 8.17. The third-order valence-electron chi connectivity index (χ3n) is 6.69. The molecule has 0 aliphatic heterocycles. The van der Waals surface area contributed by atoms with Gasteiger partial charge in [-0.3, -0.25) is 4.79 Å². The van der Waals surface area contributed by atoms with Crippen LogP contribution >= 0.6 is 0 Å². The number of nitrogens with zero attached hydrogens (tertiary/aromatic N) is 4. The molecule has 1 aliphatic rings. The topological polar surface area (TPSA) is 129 Å². The molecule has 1 amide bonds. The molecule has 1 fully saturated rings. The monoisotopic (exact) mass is 587 g/mol. The Hall–Kier alpha value is -3.17. The van der Waals surface area contributed by atoms with Gasteiger partial charge in [-0.1, -0.05) is 12.8 Å². The number of aromatic nitrogens is 2. The Labute approximate surface area is 232 Å². The molecule has 1 heterocycles. The number of likely N-dealkylation sites (N-methyl/N-ethyl adjacent to an activating group) is 2. The lowest BCUT2D eigenvalue weighted by molar-refractivity contribution is -0.137. The van der Waals surface area contributed by atoms with Crippen LogP contribution in [0.25, 0.3) is 0 Å². The third-order valence-corrected chi connectivity index (χ3v) is 8.01. The van der Waals surface area contributed by atoms with Crippen LogP contribution in [0.4, 0.5) is 30.6 Å². The molecule has 0 bridgehead atoms. The summed E-state index contributed by atoms with van der Waals surface area (Å²) in [5.74, 6) is -0.644. The first-order valence-corrected chi connectivity index (χ1v) is 14.6. The smallest absolute Gasteiger partial charge is 0.421 e. The minimum Gasteiger partial charge on any atom is -0.495 e. The highest BCUT2D eigenvalue weighted by Gasteiger charge is 2.38. The molecule has 40 heavy (non-hydrogen) atoms. The van der Waals surface area contributed by atoms with E-state index in [1.807, 2.05) is 19.0 Å². The highest BCUT2D eigenvalue weighted by atomic mass is 32.2. The van der Waals surface area contributed by atoms with Gasteiger partial charge in [-0.05, 0) is 45.1 Å². The Bertz CT molecular complexity index is 1290. The minimum atomic E-state index is -4.75. The van der Waals surface area contributed by atoms with Gasteiger partial charge in [0.15, 0.2) is 0 Å². The zero-order chi connectivity index (χ0) is 29.7. The quantitative estimate of drug-likeness (QED) is 0.363. The van der Waals surface area contributed by atoms with E-state index in [9.17, 15) is 26.4 Å². The first kappa shape index (κ1) is 31.4. The Balaban J connectivity index is 1.92. The van der Waals surface area contributed by atoms with Crippen LogP contribution in [-0.4, -0.2) is 93.2 Å². The van der Waals surface area contributed by atoms with E-state index >= 15 is 0 Å². The summed E-state index contributed by atoms with van der Waals surface area (Å²) in [6, 6.07) is 3.48. The Morgan fingerprint density at radius 1 is 1.18 bits per heavy atom. The maximum Gasteiger partial charge on any atom is 0.421 e. The predicted molar refractivity (Wildman–Crippen MR) is 146 cm³/mol. The molecule has 0 unspecified atom stereocenters. The molecule has 1 aromatic heterocycles. The molecule has 222 valence electrons. The van der Waals surface area contributed by atoms with E-state index in [4.69, 9.17) is 4.74 Å². The highest BCUT2D eigenvalue weighted by Crippen LogP contribution is 2.36. The summed E-state index contributed by atoms with van der Waals surface area (Å²) in [6.07, 6.45) is -0.576. The van der Waals surface area contributed by atoms with Crippen molar-refractivity contribution in [2.75, 3.05) is 58.2 Å². The molecule has 11 nitrogen and oxygen atoms in total. The minimum absolute atomic E-state index is 0.164. The van der Waals surface area contributed by atoms with Gasteiger partial charge in [-0.15, -0.1) is 0 Å². The molecule has 1 aliphatic carbocycles. The molecule has 3 N–H and O–H groups in total. The molecule has 1 saturated carbocycles. The lowest BCUT2D eigenvalue weighted by Crippen LogP contribution is -2.49. The number of anilines is 3. The highest BCUT2D eigenvalue weighted by molar-refractivity contribution is 7.88. The molecule has 1 aromatic carbocycles. The zero-order valence-corrected chi connectivity index (χ0v) is 24.0. The fourth-order valence-electron chi connectivity index (χ4n) is 4.46. The van der Waals surface area contributed by atoms with Crippen molar-refractivity contribution in [3.8, 4) is 5.75 Å². The predicted octanol–water partition coefficient (Wildman–Crippen LogP) is 3.15. The number of hydrogen-bond acceptors (Lipinski definition) is 9. The lowest BCUT2D eigenvalue weighted by atomic mass is 9.90. The van der Waals surface area contributed by atoms with Crippen molar-refractivity contribution in [2.45, 2.75) is 43.9 Å². The molecule has 0 spiro atoms. The van der Waals surface area contributed by atoms with Crippen molar-refractivity contribution >= 4 is 33.4 Å². The number of hydrogen-bond donors (Lipinski definition) is 3. The Kier molecular flexibility index (Phi) is 10.2. The normalized spacial score (nSPS) is 18.1. The van der Waals surface area contributed by atoms with E-state index in [0.717, 1.165) is 19.1 Å². The maximum atomic E-state index is 13.9. The SMILES string of the molecule is COc1ccc(C(=O)NCCN(C)C)cc1Nc1ncc(C(F)(F)F)c(N[C@@H]2CCCC[C@H]2N(C)S(C)(=O)=O)n1. The second kappa shape index (κ2) is 13.0. The summed E-state index contributed by atoms with van der Waals surface area (Å²) in [5, 5.41) is 8.52. The average Bonchev–Trinajstić information content (AvgIpc) is 2.87. The molecular formula is C25H36F3N7O4S. The second-order valence-electron chi connectivity index (χ2n) is 9.93. The van der Waals surface area contributed by atoms with Crippen LogP contribution in [0.5, 0.6) is 5.75 Å². The van der Waals surface area contributed by atoms with Gasteiger partial charge in [0.25, 0.3) is 5.91 Å². The number of methoxy groups -OCH3 is 1. The largest absolute Gasteiger partial charge is 0.495 e. The van der Waals surface area contributed by atoms with Crippen molar-refractivity contribution in [3.63, 3.8) is 0 Å². The molecule has 0 saturated heterocycles. The lowest BCUT2D eigenvalue weighted by Gasteiger charge is -2.37. The van der Waals surface area contributed by atoms with Crippen LogP contribution in [0.3, 0.4) is 0 Å². The summed E-state index contributed by atoms with van der Waals surface area (Å²) in [4.78, 5) is 22.5. The maximum absolute atomic E-state index is 13.9. The molecule has 3 rings (SSSR count). The van der Waals surface area contributed by atoms with Crippen LogP contribution in [-0.2, 0) is 16.2 Å². The van der Waals surface area contributed by atoms with Gasteiger partial charge in [0.05, 0.1) is 19.1 Å². The zero-order valence-electron chi connectivity index (χ0n) is 23.2. The van der Waals surface area contributed by atoms with Gasteiger partial charge in [-0.25, -0.2) is 17.7 Å². The van der Waals surface area contributed by atoms with E-state index in [0.29, 0.717) is 43.4 Å². The van der Waals surface area contributed by atoms with E-state index < -0.39 is 39.7 Å². The molecule has 0 radical (unpaired) electrons. The molecule has 2 aromatic rings. The van der Waals surface area contributed by atoms with E-state index in [1.54, 1.807) is 12.1 Å². The van der Waals surface area contributed by atoms with Crippen molar-refractivity contribution in [1.82, 2.24) is 24.5 Å². The number of benzene rings is 1. The standard InChI is InChI=1S/C25H36F3N7O4S/c1-34(2)13-12-29-23(36)16-10-11-21(39-4)19(14-16)32-24-30-15-17(25(26,27)28)22(33-24)31-18-8-6-7-9-20(18)35(3)40(5,37)38/h10-11,14-15,18,20H,6-9,12-13H2,1-5H3,(H,29,36)(H2,30,31,32,33)/t18-,20-/m1/s1. The van der Waals surface area contributed by atoms with Crippen molar-refractivity contribution in [2.24, 2.45) is 0 Å². The number of nitrogens with one attached hydrogen (secondary N) is 3. The van der Waals surface area contributed by atoms with E-state index in [1.165, 1.54) is 24.5 Å². The average molecular weight is 588 g/mol.